The number of benzene rings is 3. The third-order valence-corrected chi connectivity index (χ3v) is 8.10. The number of carbonyl (C=O) groups excluding carboxylic acids is 3. The lowest BCUT2D eigenvalue weighted by atomic mass is 9.93. The van der Waals surface area contributed by atoms with Gasteiger partial charge in [0.2, 0.25) is 11.8 Å². The quantitative estimate of drug-likeness (QED) is 0.460. The van der Waals surface area contributed by atoms with Gasteiger partial charge in [0.1, 0.15) is 24.0 Å². The molecular formula is C32H33N3O5. The number of ether oxygens (including phenoxy) is 2. The SMILES string of the molecule is CC1(c2ccccc2)CN(Cc2ccc(COc3cccc4c3CN(C3CCC(=O)NC3=O)C4=O)cc2)CCO1. The molecule has 3 aliphatic rings. The van der Waals surface area contributed by atoms with Gasteiger partial charge in [0.05, 0.1) is 13.2 Å². The molecule has 0 bridgehead atoms. The Kier molecular flexibility index (Phi) is 7.12. The monoisotopic (exact) mass is 539 g/mol. The van der Waals surface area contributed by atoms with Gasteiger partial charge in [-0.1, -0.05) is 60.7 Å². The first-order valence-electron chi connectivity index (χ1n) is 13.8. The summed E-state index contributed by atoms with van der Waals surface area (Å²) in [7, 11) is 0. The minimum absolute atomic E-state index is 0.203. The third kappa shape index (κ3) is 5.24. The fraction of sp³-hybridized carbons (Fsp3) is 0.344. The van der Waals surface area contributed by atoms with Crippen molar-refractivity contribution in [3.63, 3.8) is 0 Å². The predicted molar refractivity (Wildman–Crippen MR) is 148 cm³/mol. The first-order valence-corrected chi connectivity index (χ1v) is 13.8. The van der Waals surface area contributed by atoms with Crippen molar-refractivity contribution in [2.24, 2.45) is 0 Å². The number of imide groups is 1. The number of rotatable bonds is 7. The molecule has 2 unspecified atom stereocenters. The largest absolute Gasteiger partial charge is 0.489 e. The minimum atomic E-state index is -0.643. The zero-order valence-electron chi connectivity index (χ0n) is 22.6. The van der Waals surface area contributed by atoms with Crippen LogP contribution >= 0.6 is 0 Å². The van der Waals surface area contributed by atoms with Crippen LogP contribution in [-0.2, 0) is 39.6 Å². The molecule has 3 aromatic carbocycles. The fourth-order valence-corrected chi connectivity index (χ4v) is 5.90. The van der Waals surface area contributed by atoms with E-state index in [4.69, 9.17) is 9.47 Å². The lowest BCUT2D eigenvalue weighted by Gasteiger charge is -2.41. The van der Waals surface area contributed by atoms with Gasteiger partial charge in [0.25, 0.3) is 5.91 Å². The second-order valence-corrected chi connectivity index (χ2v) is 10.9. The highest BCUT2D eigenvalue weighted by atomic mass is 16.5. The fourth-order valence-electron chi connectivity index (χ4n) is 5.90. The number of nitrogens with zero attached hydrogens (tertiary/aromatic N) is 2. The van der Waals surface area contributed by atoms with Gasteiger partial charge >= 0.3 is 0 Å². The molecule has 2 fully saturated rings. The lowest BCUT2D eigenvalue weighted by molar-refractivity contribution is -0.136. The van der Waals surface area contributed by atoms with Gasteiger partial charge < -0.3 is 14.4 Å². The summed E-state index contributed by atoms with van der Waals surface area (Å²) in [6.07, 6.45) is 0.566. The first-order chi connectivity index (χ1) is 19.4. The Balaban J connectivity index is 1.07. The topological polar surface area (TPSA) is 88.2 Å². The molecule has 0 saturated carbocycles. The molecule has 2 saturated heterocycles. The summed E-state index contributed by atoms with van der Waals surface area (Å²) in [5.41, 5.74) is 4.46. The zero-order valence-corrected chi connectivity index (χ0v) is 22.6. The van der Waals surface area contributed by atoms with Gasteiger partial charge in [0.15, 0.2) is 0 Å². The van der Waals surface area contributed by atoms with E-state index >= 15 is 0 Å². The Morgan fingerprint density at radius 1 is 0.975 bits per heavy atom. The predicted octanol–water partition coefficient (Wildman–Crippen LogP) is 3.77. The normalized spacial score (nSPS) is 23.2. The molecule has 206 valence electrons. The van der Waals surface area contributed by atoms with Gasteiger partial charge in [-0.25, -0.2) is 0 Å². The molecular weight excluding hydrogens is 506 g/mol. The van der Waals surface area contributed by atoms with Gasteiger partial charge in [-0.05, 0) is 42.2 Å². The van der Waals surface area contributed by atoms with E-state index in [2.05, 4.69) is 65.7 Å². The smallest absolute Gasteiger partial charge is 0.255 e. The number of hydrogen-bond acceptors (Lipinski definition) is 6. The van der Waals surface area contributed by atoms with Gasteiger partial charge in [0, 0.05) is 37.2 Å². The number of carbonyl (C=O) groups is 3. The molecule has 2 atom stereocenters. The highest BCUT2D eigenvalue weighted by Crippen LogP contribution is 2.34. The van der Waals surface area contributed by atoms with E-state index in [1.807, 2.05) is 12.1 Å². The second kappa shape index (κ2) is 10.9. The molecule has 3 heterocycles. The Hall–Kier alpha value is -4.01. The van der Waals surface area contributed by atoms with Gasteiger partial charge in [-0.3, -0.25) is 24.6 Å². The maximum atomic E-state index is 13.1. The highest BCUT2D eigenvalue weighted by Gasteiger charge is 2.40. The van der Waals surface area contributed by atoms with E-state index in [9.17, 15) is 14.4 Å². The Labute approximate surface area is 233 Å². The maximum absolute atomic E-state index is 13.1. The van der Waals surface area contributed by atoms with Crippen molar-refractivity contribution in [1.29, 1.82) is 0 Å². The summed E-state index contributed by atoms with van der Waals surface area (Å²) in [5.74, 6) is -0.276. The van der Waals surface area contributed by atoms with Crippen LogP contribution in [0.4, 0.5) is 0 Å². The maximum Gasteiger partial charge on any atom is 0.255 e. The summed E-state index contributed by atoms with van der Waals surface area (Å²) in [6.45, 7) is 6.08. The average Bonchev–Trinajstić information content (AvgIpc) is 3.30. The highest BCUT2D eigenvalue weighted by molar-refractivity contribution is 6.05. The van der Waals surface area contributed by atoms with E-state index in [0.717, 1.165) is 30.8 Å². The molecule has 3 aliphatic heterocycles. The van der Waals surface area contributed by atoms with Crippen LogP contribution < -0.4 is 10.1 Å². The van der Waals surface area contributed by atoms with Crippen molar-refractivity contribution in [3.05, 3.63) is 101 Å². The minimum Gasteiger partial charge on any atom is -0.489 e. The molecule has 0 spiro atoms. The number of amides is 3. The number of hydrogen-bond donors (Lipinski definition) is 1. The molecule has 3 aromatic rings. The zero-order chi connectivity index (χ0) is 27.7. The van der Waals surface area contributed by atoms with E-state index in [-0.39, 0.29) is 30.4 Å². The van der Waals surface area contributed by atoms with Crippen LogP contribution in [0.5, 0.6) is 5.75 Å². The number of fused-ring (bicyclic) bond motifs is 1. The number of morpholine rings is 1. The third-order valence-electron chi connectivity index (χ3n) is 8.10. The molecule has 3 amide bonds. The van der Waals surface area contributed by atoms with E-state index in [1.165, 1.54) is 11.1 Å². The van der Waals surface area contributed by atoms with Crippen LogP contribution in [0.3, 0.4) is 0 Å². The van der Waals surface area contributed by atoms with E-state index < -0.39 is 11.9 Å². The van der Waals surface area contributed by atoms with Crippen LogP contribution in [0.25, 0.3) is 0 Å². The molecule has 0 aromatic heterocycles. The van der Waals surface area contributed by atoms with Crippen molar-refractivity contribution in [2.75, 3.05) is 19.7 Å². The van der Waals surface area contributed by atoms with Crippen molar-refractivity contribution in [3.8, 4) is 5.75 Å². The molecule has 40 heavy (non-hydrogen) atoms. The summed E-state index contributed by atoms with van der Waals surface area (Å²) in [5, 5.41) is 2.34. The van der Waals surface area contributed by atoms with Crippen LogP contribution in [0.1, 0.15) is 52.4 Å². The van der Waals surface area contributed by atoms with Crippen LogP contribution in [0.2, 0.25) is 0 Å². The van der Waals surface area contributed by atoms with E-state index in [0.29, 0.717) is 30.9 Å². The standard InChI is InChI=1S/C32H33N3O5/c1-32(24-6-3-2-4-7-24)21-34(16-17-40-32)18-22-10-12-23(13-11-22)20-39-28-9-5-8-25-26(28)19-35(31(25)38)27-14-15-29(36)33-30(27)37/h2-13,27H,14-21H2,1H3,(H,33,36,37). The summed E-state index contributed by atoms with van der Waals surface area (Å²) in [6, 6.07) is 23.6. The molecule has 6 rings (SSSR count). The van der Waals surface area contributed by atoms with E-state index in [1.54, 1.807) is 17.0 Å². The van der Waals surface area contributed by atoms with Gasteiger partial charge in [-0.2, -0.15) is 0 Å². The molecule has 1 N–H and O–H groups in total. The van der Waals surface area contributed by atoms with Crippen LogP contribution in [0.15, 0.2) is 72.8 Å². The summed E-state index contributed by atoms with van der Waals surface area (Å²) >= 11 is 0. The number of nitrogens with one attached hydrogen (secondary N) is 1. The van der Waals surface area contributed by atoms with Gasteiger partial charge in [-0.15, -0.1) is 0 Å². The Bertz CT molecular complexity index is 1420. The Morgan fingerprint density at radius 2 is 1.75 bits per heavy atom. The molecule has 8 nitrogen and oxygen atoms in total. The van der Waals surface area contributed by atoms with Crippen molar-refractivity contribution in [1.82, 2.24) is 15.1 Å². The molecule has 0 aliphatic carbocycles. The summed E-state index contributed by atoms with van der Waals surface area (Å²) in [4.78, 5) is 41.0. The van der Waals surface area contributed by atoms with Crippen LogP contribution in [0, 0.1) is 0 Å². The Morgan fingerprint density at radius 3 is 2.52 bits per heavy atom. The van der Waals surface area contributed by atoms with Crippen molar-refractivity contribution >= 4 is 17.7 Å². The van der Waals surface area contributed by atoms with Crippen molar-refractivity contribution in [2.45, 2.75) is 51.1 Å². The lowest BCUT2D eigenvalue weighted by Crippen LogP contribution is -2.52. The summed E-state index contributed by atoms with van der Waals surface area (Å²) < 4.78 is 12.4. The second-order valence-electron chi connectivity index (χ2n) is 10.9. The first kappa shape index (κ1) is 26.2. The molecule has 0 radical (unpaired) electrons. The average molecular weight is 540 g/mol. The molecule has 8 heteroatoms. The van der Waals surface area contributed by atoms with Crippen LogP contribution in [-0.4, -0.2) is 53.3 Å². The number of piperidine rings is 1. The van der Waals surface area contributed by atoms with Crippen molar-refractivity contribution < 1.29 is 23.9 Å².